The Hall–Kier alpha value is -2.62. The van der Waals surface area contributed by atoms with Gasteiger partial charge in [-0.2, -0.15) is 5.26 Å². The molecule has 0 aliphatic heterocycles. The Kier molecular flexibility index (Phi) is 6.34. The van der Waals surface area contributed by atoms with Gasteiger partial charge in [0.2, 0.25) is 0 Å². The van der Waals surface area contributed by atoms with Crippen LogP contribution in [0.4, 0.5) is 4.39 Å². The van der Waals surface area contributed by atoms with Crippen molar-refractivity contribution in [2.75, 3.05) is 14.2 Å². The van der Waals surface area contributed by atoms with Crippen LogP contribution in [0.3, 0.4) is 0 Å². The van der Waals surface area contributed by atoms with Crippen molar-refractivity contribution in [1.29, 1.82) is 5.26 Å². The van der Waals surface area contributed by atoms with Crippen LogP contribution in [-0.2, 0) is 16.1 Å². The molecule has 1 amide bonds. The van der Waals surface area contributed by atoms with Gasteiger partial charge < -0.3 is 14.8 Å². The summed E-state index contributed by atoms with van der Waals surface area (Å²) in [4.78, 5) is 12.4. The third-order valence-electron chi connectivity index (χ3n) is 3.60. The SMILES string of the molecule is COc1ccc(C(OC)C(=O)NCc2ccc(C#N)cc2Cl)c(F)c1. The van der Waals surface area contributed by atoms with Crippen LogP contribution < -0.4 is 10.1 Å². The fourth-order valence-electron chi connectivity index (χ4n) is 2.26. The second-order valence-corrected chi connectivity index (χ2v) is 5.55. The molecule has 0 saturated carbocycles. The van der Waals surface area contributed by atoms with Crippen molar-refractivity contribution in [2.24, 2.45) is 0 Å². The van der Waals surface area contributed by atoms with E-state index in [2.05, 4.69) is 5.32 Å². The van der Waals surface area contributed by atoms with Crippen molar-refractivity contribution >= 4 is 17.5 Å². The van der Waals surface area contributed by atoms with Crippen molar-refractivity contribution in [3.63, 3.8) is 0 Å². The van der Waals surface area contributed by atoms with Crippen LogP contribution in [0, 0.1) is 17.1 Å². The molecule has 0 aliphatic rings. The van der Waals surface area contributed by atoms with Gasteiger partial charge in [0.15, 0.2) is 6.10 Å². The van der Waals surface area contributed by atoms with Gasteiger partial charge in [-0.05, 0) is 29.8 Å². The summed E-state index contributed by atoms with van der Waals surface area (Å²) in [5, 5.41) is 11.8. The third kappa shape index (κ3) is 4.47. The number of rotatable bonds is 6. The highest BCUT2D eigenvalue weighted by molar-refractivity contribution is 6.31. The molecule has 0 heterocycles. The van der Waals surface area contributed by atoms with Gasteiger partial charge in [0.05, 0.1) is 18.7 Å². The first-order valence-electron chi connectivity index (χ1n) is 7.32. The zero-order valence-corrected chi connectivity index (χ0v) is 14.4. The molecule has 0 aromatic heterocycles. The van der Waals surface area contributed by atoms with Gasteiger partial charge in [-0.25, -0.2) is 4.39 Å². The maximum absolute atomic E-state index is 14.2. The van der Waals surface area contributed by atoms with Crippen LogP contribution in [0.1, 0.15) is 22.8 Å². The number of carbonyl (C=O) groups is 1. The maximum Gasteiger partial charge on any atom is 0.254 e. The number of amides is 1. The average molecular weight is 363 g/mol. The molecule has 7 heteroatoms. The van der Waals surface area contributed by atoms with Crippen LogP contribution in [0.15, 0.2) is 36.4 Å². The Labute approximate surface area is 149 Å². The van der Waals surface area contributed by atoms with Crippen molar-refractivity contribution in [1.82, 2.24) is 5.32 Å². The smallest absolute Gasteiger partial charge is 0.254 e. The fourth-order valence-corrected chi connectivity index (χ4v) is 2.51. The number of methoxy groups -OCH3 is 2. The summed E-state index contributed by atoms with van der Waals surface area (Å²) in [6.07, 6.45) is -1.11. The van der Waals surface area contributed by atoms with Crippen LogP contribution in [-0.4, -0.2) is 20.1 Å². The minimum absolute atomic E-state index is 0.103. The first kappa shape index (κ1) is 18.7. The first-order chi connectivity index (χ1) is 12.0. The van der Waals surface area contributed by atoms with Gasteiger partial charge in [0, 0.05) is 30.3 Å². The molecule has 25 heavy (non-hydrogen) atoms. The number of nitrogens with zero attached hydrogens (tertiary/aromatic N) is 1. The van der Waals surface area contributed by atoms with E-state index < -0.39 is 17.8 Å². The predicted octanol–water partition coefficient (Wildman–Crippen LogP) is 3.36. The van der Waals surface area contributed by atoms with Gasteiger partial charge in [-0.15, -0.1) is 0 Å². The summed E-state index contributed by atoms with van der Waals surface area (Å²) in [6, 6.07) is 10.9. The molecule has 2 rings (SSSR count). The van der Waals surface area contributed by atoms with Gasteiger partial charge in [-0.3, -0.25) is 4.79 Å². The Morgan fingerprint density at radius 1 is 1.32 bits per heavy atom. The van der Waals surface area contributed by atoms with E-state index in [1.165, 1.54) is 32.4 Å². The molecule has 5 nitrogen and oxygen atoms in total. The van der Waals surface area contributed by atoms with E-state index in [4.69, 9.17) is 26.3 Å². The van der Waals surface area contributed by atoms with E-state index in [0.717, 1.165) is 0 Å². The number of ether oxygens (including phenoxy) is 2. The standard InChI is InChI=1S/C18H16ClFN2O3/c1-24-13-5-6-14(16(20)8-13)17(25-2)18(23)22-10-12-4-3-11(9-21)7-15(12)19/h3-8,17H,10H2,1-2H3,(H,22,23). The number of halogens is 2. The molecule has 0 saturated heterocycles. The quantitative estimate of drug-likeness (QED) is 0.855. The van der Waals surface area contributed by atoms with E-state index in [-0.39, 0.29) is 12.1 Å². The van der Waals surface area contributed by atoms with Gasteiger partial charge in [-0.1, -0.05) is 17.7 Å². The Morgan fingerprint density at radius 2 is 2.08 bits per heavy atom. The number of benzene rings is 2. The van der Waals surface area contributed by atoms with Crippen LogP contribution in [0.25, 0.3) is 0 Å². The molecule has 1 N–H and O–H groups in total. The summed E-state index contributed by atoms with van der Waals surface area (Å²) >= 11 is 6.07. The first-order valence-corrected chi connectivity index (χ1v) is 7.70. The third-order valence-corrected chi connectivity index (χ3v) is 3.95. The molecular weight excluding hydrogens is 347 g/mol. The topological polar surface area (TPSA) is 71.3 Å². The van der Waals surface area contributed by atoms with Gasteiger partial charge in [0.1, 0.15) is 11.6 Å². The minimum atomic E-state index is -1.11. The molecule has 2 aromatic rings. The zero-order valence-electron chi connectivity index (χ0n) is 13.7. The lowest BCUT2D eigenvalue weighted by atomic mass is 10.1. The summed E-state index contributed by atoms with van der Waals surface area (Å²) < 4.78 is 24.2. The molecule has 0 radical (unpaired) electrons. The highest BCUT2D eigenvalue weighted by Gasteiger charge is 2.23. The second-order valence-electron chi connectivity index (χ2n) is 5.14. The lowest BCUT2D eigenvalue weighted by Crippen LogP contribution is -2.30. The molecule has 2 aromatic carbocycles. The van der Waals surface area contributed by atoms with Gasteiger partial charge >= 0.3 is 0 Å². The lowest BCUT2D eigenvalue weighted by molar-refractivity contribution is -0.131. The number of hydrogen-bond acceptors (Lipinski definition) is 4. The number of hydrogen-bond donors (Lipinski definition) is 1. The second kappa shape index (κ2) is 8.47. The Morgan fingerprint density at radius 3 is 2.64 bits per heavy atom. The van der Waals surface area contributed by atoms with E-state index in [1.54, 1.807) is 18.2 Å². The minimum Gasteiger partial charge on any atom is -0.497 e. The lowest BCUT2D eigenvalue weighted by Gasteiger charge is -2.17. The molecular formula is C18H16ClFN2O3. The van der Waals surface area contributed by atoms with Crippen molar-refractivity contribution in [3.8, 4) is 11.8 Å². The number of nitrogens with one attached hydrogen (secondary N) is 1. The molecule has 0 spiro atoms. The van der Waals surface area contributed by atoms with Crippen LogP contribution >= 0.6 is 11.6 Å². The number of nitriles is 1. The molecule has 1 atom stereocenters. The maximum atomic E-state index is 14.2. The van der Waals surface area contributed by atoms with Crippen molar-refractivity contribution in [3.05, 3.63) is 63.9 Å². The van der Waals surface area contributed by atoms with Gasteiger partial charge in [0.25, 0.3) is 5.91 Å². The fraction of sp³-hybridized carbons (Fsp3) is 0.222. The Bertz CT molecular complexity index is 820. The molecule has 1 unspecified atom stereocenters. The predicted molar refractivity (Wildman–Crippen MR) is 90.7 cm³/mol. The molecule has 0 aliphatic carbocycles. The van der Waals surface area contributed by atoms with E-state index in [0.29, 0.717) is 21.9 Å². The van der Waals surface area contributed by atoms with Crippen LogP contribution in [0.5, 0.6) is 5.75 Å². The summed E-state index contributed by atoms with van der Waals surface area (Å²) in [5.74, 6) is -0.759. The van der Waals surface area contributed by atoms with Crippen molar-refractivity contribution < 1.29 is 18.7 Å². The highest BCUT2D eigenvalue weighted by Crippen LogP contribution is 2.25. The summed E-state index contributed by atoms with van der Waals surface area (Å²) in [7, 11) is 2.75. The average Bonchev–Trinajstić information content (AvgIpc) is 2.62. The van der Waals surface area contributed by atoms with E-state index in [1.807, 2.05) is 6.07 Å². The molecule has 0 fully saturated rings. The summed E-state index contributed by atoms with van der Waals surface area (Å²) in [5.41, 5.74) is 1.17. The van der Waals surface area contributed by atoms with Crippen molar-refractivity contribution in [2.45, 2.75) is 12.6 Å². The van der Waals surface area contributed by atoms with E-state index >= 15 is 0 Å². The monoisotopic (exact) mass is 362 g/mol. The van der Waals surface area contributed by atoms with E-state index in [9.17, 15) is 9.18 Å². The molecule has 0 bridgehead atoms. The zero-order chi connectivity index (χ0) is 18.4. The highest BCUT2D eigenvalue weighted by atomic mass is 35.5. The van der Waals surface area contributed by atoms with Crippen LogP contribution in [0.2, 0.25) is 5.02 Å². The molecule has 130 valence electrons. The number of carbonyl (C=O) groups excluding carboxylic acids is 1. The summed E-state index contributed by atoms with van der Waals surface area (Å²) in [6.45, 7) is 0.126. The largest absolute Gasteiger partial charge is 0.497 e. The Balaban J connectivity index is 2.12. The normalized spacial score (nSPS) is 11.5.